The van der Waals surface area contributed by atoms with Crippen LogP contribution in [0.5, 0.6) is 0 Å². The van der Waals surface area contributed by atoms with Crippen LogP contribution in [-0.2, 0) is 12.8 Å². The van der Waals surface area contributed by atoms with Crippen molar-refractivity contribution in [2.75, 3.05) is 0 Å². The third-order valence-electron chi connectivity index (χ3n) is 3.21. The molecular formula is C18H20N2. The van der Waals surface area contributed by atoms with Crippen molar-refractivity contribution in [1.29, 1.82) is 0 Å². The zero-order chi connectivity index (χ0) is 14.2. The van der Waals surface area contributed by atoms with Crippen LogP contribution in [0.4, 0.5) is 0 Å². The van der Waals surface area contributed by atoms with Gasteiger partial charge in [-0.2, -0.15) is 0 Å². The van der Waals surface area contributed by atoms with E-state index in [1.54, 1.807) is 0 Å². The van der Waals surface area contributed by atoms with Gasteiger partial charge in [0.2, 0.25) is 5.82 Å². The molecule has 0 radical (unpaired) electrons. The first-order valence-electron chi connectivity index (χ1n) is 7.23. The van der Waals surface area contributed by atoms with E-state index in [0.717, 1.165) is 24.0 Å². The first-order valence-corrected chi connectivity index (χ1v) is 7.23. The predicted octanol–water partition coefficient (Wildman–Crippen LogP) is 3.78. The van der Waals surface area contributed by atoms with Gasteiger partial charge in [0.25, 0.3) is 0 Å². The lowest BCUT2D eigenvalue weighted by atomic mass is 10.1. The molecule has 0 atom stereocenters. The quantitative estimate of drug-likeness (QED) is 0.785. The van der Waals surface area contributed by atoms with Crippen molar-refractivity contribution >= 4 is 0 Å². The average molecular weight is 264 g/mol. The zero-order valence-electron chi connectivity index (χ0n) is 12.2. The van der Waals surface area contributed by atoms with E-state index < -0.39 is 0 Å². The monoisotopic (exact) mass is 264 g/mol. The highest BCUT2D eigenvalue weighted by Gasteiger charge is 1.94. The summed E-state index contributed by atoms with van der Waals surface area (Å²) in [6.45, 7) is 4.30. The summed E-state index contributed by atoms with van der Waals surface area (Å²) < 4.78 is 0. The normalized spacial score (nSPS) is 9.90. The van der Waals surface area contributed by atoms with Crippen LogP contribution < -0.4 is 0 Å². The minimum atomic E-state index is 0.581. The second-order valence-corrected chi connectivity index (χ2v) is 4.82. The highest BCUT2D eigenvalue weighted by atomic mass is 14.8. The molecule has 0 spiro atoms. The number of nitrogens with zero attached hydrogens (tertiary/aromatic N) is 2. The van der Waals surface area contributed by atoms with Gasteiger partial charge in [-0.1, -0.05) is 38.3 Å². The van der Waals surface area contributed by atoms with Gasteiger partial charge in [0.1, 0.15) is 0 Å². The number of aryl methyl sites for hydroxylation is 2. The Kier molecular flexibility index (Phi) is 5.32. The van der Waals surface area contributed by atoms with Crippen LogP contribution in [0.2, 0.25) is 0 Å². The van der Waals surface area contributed by atoms with E-state index in [1.165, 1.54) is 18.4 Å². The van der Waals surface area contributed by atoms with Gasteiger partial charge in [0, 0.05) is 18.0 Å². The molecule has 2 aromatic rings. The summed E-state index contributed by atoms with van der Waals surface area (Å²) in [5.74, 6) is 6.69. The Hall–Kier alpha value is -2.14. The molecule has 0 amide bonds. The molecule has 0 aliphatic carbocycles. The van der Waals surface area contributed by atoms with Crippen molar-refractivity contribution in [3.05, 3.63) is 59.2 Å². The number of rotatable bonds is 4. The Labute approximate surface area is 121 Å². The molecule has 0 saturated heterocycles. The number of benzene rings is 1. The molecule has 20 heavy (non-hydrogen) atoms. The summed E-state index contributed by atoms with van der Waals surface area (Å²) in [7, 11) is 0. The van der Waals surface area contributed by atoms with E-state index in [9.17, 15) is 0 Å². The third kappa shape index (κ3) is 4.20. The first kappa shape index (κ1) is 14.3. The molecule has 2 nitrogen and oxygen atoms in total. The van der Waals surface area contributed by atoms with Gasteiger partial charge in [0.05, 0.1) is 0 Å². The first-order chi connectivity index (χ1) is 9.81. The van der Waals surface area contributed by atoms with Crippen LogP contribution >= 0.6 is 0 Å². The van der Waals surface area contributed by atoms with Crippen LogP contribution in [0, 0.1) is 11.8 Å². The van der Waals surface area contributed by atoms with E-state index >= 15 is 0 Å². The van der Waals surface area contributed by atoms with E-state index in [4.69, 9.17) is 0 Å². The van der Waals surface area contributed by atoms with Crippen LogP contribution in [0.1, 0.15) is 49.2 Å². The maximum Gasteiger partial charge on any atom is 0.205 e. The fourth-order valence-corrected chi connectivity index (χ4v) is 1.87. The summed E-state index contributed by atoms with van der Waals surface area (Å²) in [5.41, 5.74) is 3.52. The highest BCUT2D eigenvalue weighted by Crippen LogP contribution is 2.07. The number of hydrogen-bond acceptors (Lipinski definition) is 2. The second-order valence-electron chi connectivity index (χ2n) is 4.82. The van der Waals surface area contributed by atoms with Crippen LogP contribution in [-0.4, -0.2) is 9.97 Å². The molecule has 0 N–H and O–H groups in total. The maximum atomic E-state index is 4.24. The standard InChI is InChI=1S/C18H20N2/c1-3-5-6-16-7-9-17(10-8-16)11-12-18-19-13-15(4-2)14-20-18/h7-10,13-14H,3-6H2,1-2H3. The SMILES string of the molecule is CCCCc1ccc(C#Cc2ncc(CC)cn2)cc1. The summed E-state index contributed by atoms with van der Waals surface area (Å²) in [5, 5.41) is 0. The largest absolute Gasteiger partial charge is 0.229 e. The second kappa shape index (κ2) is 7.45. The summed E-state index contributed by atoms with van der Waals surface area (Å²) >= 11 is 0. The molecule has 0 saturated carbocycles. The summed E-state index contributed by atoms with van der Waals surface area (Å²) in [6.07, 6.45) is 8.24. The van der Waals surface area contributed by atoms with Crippen molar-refractivity contribution < 1.29 is 0 Å². The Morgan fingerprint density at radius 3 is 2.20 bits per heavy atom. The molecular weight excluding hydrogens is 244 g/mol. The predicted molar refractivity (Wildman–Crippen MR) is 82.4 cm³/mol. The number of aromatic nitrogens is 2. The minimum Gasteiger partial charge on any atom is -0.229 e. The van der Waals surface area contributed by atoms with Gasteiger partial charge in [-0.05, 0) is 48.4 Å². The number of unbranched alkanes of at least 4 members (excludes halogenated alkanes) is 1. The zero-order valence-corrected chi connectivity index (χ0v) is 12.2. The van der Waals surface area contributed by atoms with Crippen LogP contribution in [0.25, 0.3) is 0 Å². The molecule has 0 unspecified atom stereocenters. The molecule has 0 aliphatic heterocycles. The molecule has 1 heterocycles. The van der Waals surface area contributed by atoms with Gasteiger partial charge in [-0.3, -0.25) is 0 Å². The van der Waals surface area contributed by atoms with Gasteiger partial charge < -0.3 is 0 Å². The van der Waals surface area contributed by atoms with E-state index in [-0.39, 0.29) is 0 Å². The van der Waals surface area contributed by atoms with E-state index in [1.807, 2.05) is 12.4 Å². The molecule has 0 fully saturated rings. The molecule has 1 aromatic carbocycles. The van der Waals surface area contributed by atoms with E-state index in [2.05, 4.69) is 59.9 Å². The average Bonchev–Trinajstić information content (AvgIpc) is 2.52. The Bertz CT molecular complexity index is 586. The van der Waals surface area contributed by atoms with Crippen LogP contribution in [0.15, 0.2) is 36.7 Å². The van der Waals surface area contributed by atoms with Gasteiger partial charge in [-0.25, -0.2) is 9.97 Å². The van der Waals surface area contributed by atoms with Crippen molar-refractivity contribution in [3.8, 4) is 11.8 Å². The van der Waals surface area contributed by atoms with Crippen molar-refractivity contribution in [3.63, 3.8) is 0 Å². The lowest BCUT2D eigenvalue weighted by Crippen LogP contribution is -1.91. The Morgan fingerprint density at radius 2 is 1.60 bits per heavy atom. The molecule has 0 bridgehead atoms. The fourth-order valence-electron chi connectivity index (χ4n) is 1.87. The van der Waals surface area contributed by atoms with Crippen molar-refractivity contribution in [2.24, 2.45) is 0 Å². The van der Waals surface area contributed by atoms with Crippen molar-refractivity contribution in [1.82, 2.24) is 9.97 Å². The smallest absolute Gasteiger partial charge is 0.205 e. The van der Waals surface area contributed by atoms with Gasteiger partial charge in [-0.15, -0.1) is 0 Å². The molecule has 102 valence electrons. The third-order valence-corrected chi connectivity index (χ3v) is 3.21. The molecule has 0 aliphatic rings. The van der Waals surface area contributed by atoms with Crippen LogP contribution in [0.3, 0.4) is 0 Å². The van der Waals surface area contributed by atoms with Gasteiger partial charge >= 0.3 is 0 Å². The highest BCUT2D eigenvalue weighted by molar-refractivity contribution is 5.39. The lowest BCUT2D eigenvalue weighted by molar-refractivity contribution is 0.795. The summed E-state index contributed by atoms with van der Waals surface area (Å²) in [6, 6.07) is 8.44. The fraction of sp³-hybridized carbons (Fsp3) is 0.333. The van der Waals surface area contributed by atoms with Crippen molar-refractivity contribution in [2.45, 2.75) is 39.5 Å². The summed E-state index contributed by atoms with van der Waals surface area (Å²) in [4.78, 5) is 8.48. The molecule has 1 aromatic heterocycles. The number of hydrogen-bond donors (Lipinski definition) is 0. The minimum absolute atomic E-state index is 0.581. The molecule has 2 heteroatoms. The Morgan fingerprint density at radius 1 is 0.900 bits per heavy atom. The van der Waals surface area contributed by atoms with E-state index in [0.29, 0.717) is 5.82 Å². The maximum absolute atomic E-state index is 4.24. The topological polar surface area (TPSA) is 25.8 Å². The lowest BCUT2D eigenvalue weighted by Gasteiger charge is -1.99. The Balaban J connectivity index is 2.04. The molecule has 2 rings (SSSR count). The van der Waals surface area contributed by atoms with Gasteiger partial charge in [0.15, 0.2) is 0 Å².